The molecular formula is C21H18ClN4O4S2+. The Hall–Kier alpha value is -2.86. The van der Waals surface area contributed by atoms with Crippen LogP contribution in [0, 0.1) is 0 Å². The lowest BCUT2D eigenvalue weighted by molar-refractivity contribution is 0.574. The van der Waals surface area contributed by atoms with Crippen molar-refractivity contribution in [3.8, 4) is 0 Å². The smallest absolute Gasteiger partial charge is 0.225 e. The van der Waals surface area contributed by atoms with Gasteiger partial charge in [-0.25, -0.2) is 27.1 Å². The fraction of sp³-hybridized carbons (Fsp3) is 0. The highest BCUT2D eigenvalue weighted by molar-refractivity contribution is 7.89. The zero-order chi connectivity index (χ0) is 23.1. The molecule has 1 heterocycles. The molecule has 4 rings (SSSR count). The molecule has 0 aromatic heterocycles. The molecule has 0 bridgehead atoms. The average Bonchev–Trinajstić information content (AvgIpc) is 3.19. The second-order valence-electron chi connectivity index (χ2n) is 7.04. The average molecular weight is 490 g/mol. The lowest BCUT2D eigenvalue weighted by Gasteiger charge is -2.30. The predicted molar refractivity (Wildman–Crippen MR) is 125 cm³/mol. The van der Waals surface area contributed by atoms with Crippen molar-refractivity contribution in [3.63, 3.8) is 0 Å². The van der Waals surface area contributed by atoms with Crippen LogP contribution in [0.25, 0.3) is 5.70 Å². The van der Waals surface area contributed by atoms with Crippen LogP contribution in [0.1, 0.15) is 5.56 Å². The summed E-state index contributed by atoms with van der Waals surface area (Å²) in [5, 5.41) is 15.7. The minimum atomic E-state index is -3.88. The summed E-state index contributed by atoms with van der Waals surface area (Å²) in [4.78, 5) is -0.0756. The standard InChI is InChI=1S/C21H18ClN4O4S2/c22-16-3-1-15(2-4-16)21-13-14-25-26(21,17-5-9-19(10-6-17)31(23,27)28)18-7-11-20(12-8-18)32(24,29)30/h1-14H,(H2,23,27,28)(H2,24,29,30)/q+1. The van der Waals surface area contributed by atoms with E-state index in [0.29, 0.717) is 16.4 Å². The SMILES string of the molecule is NS(=O)(=O)c1ccc([N+]2(c3ccc(S(N)(=O)=O)cc3)N=CC=C2c2ccc(Cl)cc2)cc1. The first kappa shape index (κ1) is 22.3. The van der Waals surface area contributed by atoms with E-state index in [1.165, 1.54) is 24.3 Å². The first-order valence-corrected chi connectivity index (χ1v) is 12.7. The monoisotopic (exact) mass is 489 g/mol. The molecule has 3 aromatic rings. The number of nitrogens with two attached hydrogens (primary N) is 2. The van der Waals surface area contributed by atoms with E-state index < -0.39 is 20.0 Å². The van der Waals surface area contributed by atoms with Crippen molar-refractivity contribution in [1.82, 2.24) is 4.59 Å². The van der Waals surface area contributed by atoms with Crippen LogP contribution < -0.4 is 14.9 Å². The molecule has 8 nitrogen and oxygen atoms in total. The van der Waals surface area contributed by atoms with Gasteiger partial charge >= 0.3 is 0 Å². The quantitative estimate of drug-likeness (QED) is 0.532. The van der Waals surface area contributed by atoms with E-state index in [1.54, 1.807) is 42.6 Å². The Balaban J connectivity index is 1.94. The van der Waals surface area contributed by atoms with E-state index in [-0.39, 0.29) is 14.4 Å². The molecule has 0 saturated carbocycles. The number of allylic oxidation sites excluding steroid dienone is 1. The molecule has 0 unspecified atom stereocenters. The van der Waals surface area contributed by atoms with Crippen LogP contribution in [0.3, 0.4) is 0 Å². The lowest BCUT2D eigenvalue weighted by atomic mass is 10.1. The van der Waals surface area contributed by atoms with E-state index in [0.717, 1.165) is 11.3 Å². The Morgan fingerprint density at radius 3 is 1.53 bits per heavy atom. The van der Waals surface area contributed by atoms with Crippen LogP contribution in [0.2, 0.25) is 5.02 Å². The van der Waals surface area contributed by atoms with Gasteiger partial charge in [0.2, 0.25) is 20.0 Å². The molecule has 4 N–H and O–H groups in total. The van der Waals surface area contributed by atoms with Crippen molar-refractivity contribution in [2.24, 2.45) is 15.4 Å². The minimum absolute atomic E-state index is 0.0378. The number of benzene rings is 3. The first-order valence-electron chi connectivity index (χ1n) is 9.20. The van der Waals surface area contributed by atoms with Gasteiger partial charge in [-0.2, -0.15) is 0 Å². The predicted octanol–water partition coefficient (Wildman–Crippen LogP) is 3.31. The number of hydrogen-bond donors (Lipinski definition) is 2. The molecule has 164 valence electrons. The van der Waals surface area contributed by atoms with E-state index in [9.17, 15) is 16.8 Å². The van der Waals surface area contributed by atoms with Crippen LogP contribution >= 0.6 is 11.6 Å². The summed E-state index contributed by atoms with van der Waals surface area (Å²) < 4.78 is 46.7. The van der Waals surface area contributed by atoms with Crippen molar-refractivity contribution in [2.45, 2.75) is 9.79 Å². The van der Waals surface area contributed by atoms with Gasteiger partial charge in [-0.1, -0.05) is 16.7 Å². The summed E-state index contributed by atoms with van der Waals surface area (Å²) in [6.45, 7) is 0. The maximum absolute atomic E-state index is 11.7. The fourth-order valence-corrected chi connectivity index (χ4v) is 4.70. The maximum atomic E-state index is 11.7. The van der Waals surface area contributed by atoms with Crippen LogP contribution in [0.5, 0.6) is 0 Å². The van der Waals surface area contributed by atoms with Gasteiger partial charge < -0.3 is 0 Å². The van der Waals surface area contributed by atoms with Gasteiger partial charge in [0.25, 0.3) is 0 Å². The number of primary sulfonamides is 2. The minimum Gasteiger partial charge on any atom is -0.225 e. The van der Waals surface area contributed by atoms with E-state index in [2.05, 4.69) is 0 Å². The van der Waals surface area contributed by atoms with Gasteiger partial charge in [0.1, 0.15) is 0 Å². The molecule has 3 aromatic carbocycles. The first-order chi connectivity index (χ1) is 15.0. The van der Waals surface area contributed by atoms with E-state index in [4.69, 9.17) is 27.0 Å². The van der Waals surface area contributed by atoms with Gasteiger partial charge in [0.15, 0.2) is 17.1 Å². The van der Waals surface area contributed by atoms with Crippen molar-refractivity contribution < 1.29 is 16.8 Å². The zero-order valence-electron chi connectivity index (χ0n) is 16.5. The Kier molecular flexibility index (Phi) is 5.53. The number of nitrogens with zero attached hydrogens (tertiary/aromatic N) is 2. The molecule has 0 aliphatic carbocycles. The second kappa shape index (κ2) is 7.93. The molecule has 1 aliphatic heterocycles. The molecule has 0 saturated heterocycles. The number of halogens is 1. The largest absolute Gasteiger partial charge is 0.238 e. The summed E-state index contributed by atoms with van der Waals surface area (Å²) in [5.74, 6) is 0. The third-order valence-corrected chi connectivity index (χ3v) is 7.15. The van der Waals surface area contributed by atoms with Crippen molar-refractivity contribution in [3.05, 3.63) is 89.5 Å². The van der Waals surface area contributed by atoms with Crippen LogP contribution in [-0.4, -0.2) is 23.1 Å². The number of sulfonamides is 2. The molecule has 0 radical (unpaired) electrons. The Labute approximate surface area is 190 Å². The number of rotatable bonds is 5. The molecule has 11 heteroatoms. The normalized spacial score (nSPS) is 15.5. The highest BCUT2D eigenvalue weighted by atomic mass is 35.5. The molecule has 0 amide bonds. The number of quaternary nitrogens is 1. The molecule has 0 spiro atoms. The Morgan fingerprint density at radius 1 is 0.688 bits per heavy atom. The third-order valence-electron chi connectivity index (χ3n) is 5.04. The second-order valence-corrected chi connectivity index (χ2v) is 10.6. The van der Waals surface area contributed by atoms with Crippen LogP contribution in [-0.2, 0) is 20.0 Å². The summed E-state index contributed by atoms with van der Waals surface area (Å²) in [6.07, 6.45) is 3.45. The van der Waals surface area contributed by atoms with Crippen LogP contribution in [0.4, 0.5) is 11.4 Å². The highest BCUT2D eigenvalue weighted by Crippen LogP contribution is 2.46. The van der Waals surface area contributed by atoms with Gasteiger partial charge in [-0.15, -0.1) is 4.59 Å². The highest BCUT2D eigenvalue weighted by Gasteiger charge is 2.42. The van der Waals surface area contributed by atoms with Crippen molar-refractivity contribution in [2.75, 3.05) is 0 Å². The molecule has 0 atom stereocenters. The molecular weight excluding hydrogens is 472 g/mol. The fourth-order valence-electron chi connectivity index (χ4n) is 3.54. The molecule has 0 fully saturated rings. The summed E-state index contributed by atoms with van der Waals surface area (Å²) in [6, 6.07) is 19.2. The van der Waals surface area contributed by atoms with Gasteiger partial charge in [0.05, 0.1) is 16.0 Å². The van der Waals surface area contributed by atoms with Gasteiger partial charge in [-0.3, -0.25) is 0 Å². The third kappa shape index (κ3) is 3.99. The Morgan fingerprint density at radius 2 is 1.12 bits per heavy atom. The lowest BCUT2D eigenvalue weighted by Crippen LogP contribution is -2.34. The molecule has 1 aliphatic rings. The zero-order valence-corrected chi connectivity index (χ0v) is 18.8. The summed E-state index contributed by atoms with van der Waals surface area (Å²) >= 11 is 6.05. The molecule has 32 heavy (non-hydrogen) atoms. The number of hydrogen-bond acceptors (Lipinski definition) is 5. The van der Waals surface area contributed by atoms with E-state index in [1.807, 2.05) is 18.2 Å². The van der Waals surface area contributed by atoms with Crippen LogP contribution in [0.15, 0.2) is 93.8 Å². The van der Waals surface area contributed by atoms with Gasteiger partial charge in [0, 0.05) is 40.9 Å². The van der Waals surface area contributed by atoms with E-state index >= 15 is 0 Å². The summed E-state index contributed by atoms with van der Waals surface area (Å²) in [7, 11) is -7.75. The van der Waals surface area contributed by atoms with Gasteiger partial charge in [-0.05, 0) is 48.5 Å². The Bertz CT molecular complexity index is 1370. The maximum Gasteiger partial charge on any atom is 0.238 e. The van der Waals surface area contributed by atoms with Crippen molar-refractivity contribution in [1.29, 1.82) is 0 Å². The topological polar surface area (TPSA) is 133 Å². The summed E-state index contributed by atoms with van der Waals surface area (Å²) in [5.41, 5.74) is 2.78. The van der Waals surface area contributed by atoms with Crippen molar-refractivity contribution >= 4 is 54.9 Å².